The number of ether oxygens (including phenoxy) is 2. The molecule has 6 N–H and O–H groups in total. The number of amides is 1. The summed E-state index contributed by atoms with van der Waals surface area (Å²) in [4.78, 5) is 12.4. The second kappa shape index (κ2) is 21.9. The summed E-state index contributed by atoms with van der Waals surface area (Å²) in [6.45, 7) is 3.55. The van der Waals surface area contributed by atoms with Gasteiger partial charge in [0.2, 0.25) is 5.91 Å². The van der Waals surface area contributed by atoms with Crippen molar-refractivity contribution >= 4 is 5.91 Å². The first-order valence-electron chi connectivity index (χ1n) is 15.2. The summed E-state index contributed by atoms with van der Waals surface area (Å²) >= 11 is 0. The van der Waals surface area contributed by atoms with E-state index in [1.807, 2.05) is 6.92 Å². The van der Waals surface area contributed by atoms with Gasteiger partial charge >= 0.3 is 0 Å². The van der Waals surface area contributed by atoms with Crippen molar-refractivity contribution < 1.29 is 39.8 Å². The molecule has 7 unspecified atom stereocenters. The van der Waals surface area contributed by atoms with Gasteiger partial charge in [0.1, 0.15) is 24.4 Å². The lowest BCUT2D eigenvalue weighted by molar-refractivity contribution is -0.302. The molecule has 1 amide bonds. The van der Waals surface area contributed by atoms with E-state index in [9.17, 15) is 30.3 Å². The molecular formula is C29H57NO8. The van der Waals surface area contributed by atoms with Gasteiger partial charge in [-0.1, -0.05) is 104 Å². The Hall–Kier alpha value is -0.810. The fourth-order valence-electron chi connectivity index (χ4n) is 4.84. The molecule has 0 radical (unpaired) electrons. The van der Waals surface area contributed by atoms with Crippen LogP contribution in [0.3, 0.4) is 0 Å². The van der Waals surface area contributed by atoms with Crippen LogP contribution >= 0.6 is 0 Å². The quantitative estimate of drug-likeness (QED) is 0.107. The van der Waals surface area contributed by atoms with E-state index in [0.29, 0.717) is 12.8 Å². The number of carbonyl (C=O) groups excluding carboxylic acids is 1. The first kappa shape index (κ1) is 35.2. The van der Waals surface area contributed by atoms with E-state index in [-0.39, 0.29) is 12.5 Å². The van der Waals surface area contributed by atoms with Crippen LogP contribution in [-0.2, 0) is 14.3 Å². The van der Waals surface area contributed by atoms with Gasteiger partial charge in [0, 0.05) is 6.42 Å². The molecular weight excluding hydrogens is 490 g/mol. The highest BCUT2D eigenvalue weighted by atomic mass is 16.7. The highest BCUT2D eigenvalue weighted by Crippen LogP contribution is 2.22. The molecule has 1 saturated heterocycles. The van der Waals surface area contributed by atoms with Crippen LogP contribution < -0.4 is 5.32 Å². The summed E-state index contributed by atoms with van der Waals surface area (Å²) in [5.41, 5.74) is 0. The van der Waals surface area contributed by atoms with Crippen molar-refractivity contribution in [2.45, 2.75) is 166 Å². The molecule has 0 aromatic heterocycles. The minimum absolute atomic E-state index is 0.139. The summed E-state index contributed by atoms with van der Waals surface area (Å²) in [7, 11) is 0. The molecule has 1 aliphatic rings. The first-order valence-corrected chi connectivity index (χ1v) is 15.2. The van der Waals surface area contributed by atoms with Crippen LogP contribution in [-0.4, -0.2) is 87.5 Å². The molecule has 1 aliphatic heterocycles. The lowest BCUT2D eigenvalue weighted by atomic mass is 9.99. The van der Waals surface area contributed by atoms with Gasteiger partial charge in [0.15, 0.2) is 6.29 Å². The second-order valence-corrected chi connectivity index (χ2v) is 10.9. The van der Waals surface area contributed by atoms with Gasteiger partial charge in [-0.25, -0.2) is 0 Å². The molecule has 226 valence electrons. The number of aliphatic hydroxyl groups is 5. The fraction of sp³-hybridized carbons (Fsp3) is 0.966. The molecule has 38 heavy (non-hydrogen) atoms. The molecule has 0 saturated carbocycles. The van der Waals surface area contributed by atoms with E-state index in [1.165, 1.54) is 64.2 Å². The molecule has 9 heteroatoms. The Bertz CT molecular complexity index is 579. The molecule has 0 bridgehead atoms. The maximum Gasteiger partial charge on any atom is 0.220 e. The number of hydrogen-bond donors (Lipinski definition) is 6. The third-order valence-electron chi connectivity index (χ3n) is 7.46. The van der Waals surface area contributed by atoms with Crippen LogP contribution in [0.2, 0.25) is 0 Å². The molecule has 1 heterocycles. The van der Waals surface area contributed by atoms with Crippen molar-refractivity contribution in [1.82, 2.24) is 5.32 Å². The predicted octanol–water partition coefficient (Wildman–Crippen LogP) is 3.32. The topological polar surface area (TPSA) is 149 Å². The van der Waals surface area contributed by atoms with Crippen LogP contribution in [0.25, 0.3) is 0 Å². The number of nitrogens with one attached hydrogen (secondary N) is 1. The highest BCUT2D eigenvalue weighted by Gasteiger charge is 2.44. The standard InChI is InChI=1S/C29H57NO8/c1-3-5-7-8-9-10-11-12-13-14-15-16-17-18-23(32)22(30-25(33)19-6-4-2)21-37-29-28(36)27(35)26(34)24(20-31)38-29/h22-24,26-29,31-32,34-36H,3-21H2,1-2H3,(H,30,33). The Morgan fingerprint density at radius 1 is 0.789 bits per heavy atom. The summed E-state index contributed by atoms with van der Waals surface area (Å²) in [5, 5.41) is 53.2. The minimum atomic E-state index is -1.54. The number of unbranched alkanes of at least 4 members (excludes halogenated alkanes) is 13. The number of hydrogen-bond acceptors (Lipinski definition) is 8. The lowest BCUT2D eigenvalue weighted by Gasteiger charge is -2.40. The molecule has 0 aliphatic carbocycles. The Morgan fingerprint density at radius 3 is 1.84 bits per heavy atom. The highest BCUT2D eigenvalue weighted by molar-refractivity contribution is 5.76. The van der Waals surface area contributed by atoms with Gasteiger partial charge in [-0.3, -0.25) is 4.79 Å². The zero-order valence-corrected chi connectivity index (χ0v) is 23.9. The van der Waals surface area contributed by atoms with E-state index >= 15 is 0 Å². The van der Waals surface area contributed by atoms with Crippen LogP contribution in [0.15, 0.2) is 0 Å². The second-order valence-electron chi connectivity index (χ2n) is 10.9. The van der Waals surface area contributed by atoms with Crippen molar-refractivity contribution in [3.8, 4) is 0 Å². The molecule has 0 spiro atoms. The zero-order valence-electron chi connectivity index (χ0n) is 23.9. The van der Waals surface area contributed by atoms with Crippen LogP contribution in [0, 0.1) is 0 Å². The third kappa shape index (κ3) is 14.5. The van der Waals surface area contributed by atoms with E-state index in [4.69, 9.17) is 9.47 Å². The Kier molecular flexibility index (Phi) is 20.3. The minimum Gasteiger partial charge on any atom is -0.394 e. The van der Waals surface area contributed by atoms with Crippen LogP contribution in [0.5, 0.6) is 0 Å². The van der Waals surface area contributed by atoms with Gasteiger partial charge in [0.05, 0.1) is 25.4 Å². The van der Waals surface area contributed by atoms with Gasteiger partial charge in [-0.05, 0) is 12.8 Å². The third-order valence-corrected chi connectivity index (χ3v) is 7.46. The van der Waals surface area contributed by atoms with Gasteiger partial charge in [-0.15, -0.1) is 0 Å². The summed E-state index contributed by atoms with van der Waals surface area (Å²) in [6.07, 6.45) is 10.8. The Morgan fingerprint density at radius 2 is 1.32 bits per heavy atom. The van der Waals surface area contributed by atoms with E-state index in [0.717, 1.165) is 32.1 Å². The number of rotatable bonds is 23. The smallest absolute Gasteiger partial charge is 0.220 e. The van der Waals surface area contributed by atoms with Crippen LogP contribution in [0.4, 0.5) is 0 Å². The molecule has 1 fully saturated rings. The summed E-state index contributed by atoms with van der Waals surface area (Å²) < 4.78 is 11.0. The average Bonchev–Trinajstić information content (AvgIpc) is 2.91. The maximum absolute atomic E-state index is 12.4. The Balaban J connectivity index is 2.38. The first-order chi connectivity index (χ1) is 18.3. The van der Waals surface area contributed by atoms with Crippen molar-refractivity contribution in [1.29, 1.82) is 0 Å². The van der Waals surface area contributed by atoms with Crippen LogP contribution in [0.1, 0.15) is 123 Å². The fourth-order valence-corrected chi connectivity index (χ4v) is 4.84. The summed E-state index contributed by atoms with van der Waals surface area (Å²) in [6, 6.07) is -0.705. The van der Waals surface area contributed by atoms with E-state index in [1.54, 1.807) is 0 Å². The van der Waals surface area contributed by atoms with Crippen molar-refractivity contribution in [3.63, 3.8) is 0 Å². The monoisotopic (exact) mass is 547 g/mol. The normalized spacial score (nSPS) is 25.3. The Labute approximate surface area is 230 Å². The zero-order chi connectivity index (χ0) is 28.2. The molecule has 9 nitrogen and oxygen atoms in total. The molecule has 0 aromatic carbocycles. The number of carbonyl (C=O) groups is 1. The van der Waals surface area contributed by atoms with Crippen molar-refractivity contribution in [2.24, 2.45) is 0 Å². The van der Waals surface area contributed by atoms with E-state index < -0.39 is 49.5 Å². The van der Waals surface area contributed by atoms with Gasteiger partial charge in [-0.2, -0.15) is 0 Å². The van der Waals surface area contributed by atoms with Gasteiger partial charge < -0.3 is 40.3 Å². The van der Waals surface area contributed by atoms with E-state index in [2.05, 4.69) is 12.2 Å². The van der Waals surface area contributed by atoms with Crippen molar-refractivity contribution in [2.75, 3.05) is 13.2 Å². The average molecular weight is 548 g/mol. The maximum atomic E-state index is 12.4. The van der Waals surface area contributed by atoms with Crippen molar-refractivity contribution in [3.05, 3.63) is 0 Å². The largest absolute Gasteiger partial charge is 0.394 e. The molecule has 0 aromatic rings. The SMILES string of the molecule is CCCCCCCCCCCCCCCC(O)C(COC1OC(CO)C(O)C(O)C1O)NC(=O)CCCC. The predicted molar refractivity (Wildman–Crippen MR) is 147 cm³/mol. The molecule has 1 rings (SSSR count). The number of aliphatic hydroxyl groups excluding tert-OH is 5. The van der Waals surface area contributed by atoms with Gasteiger partial charge in [0.25, 0.3) is 0 Å². The lowest BCUT2D eigenvalue weighted by Crippen LogP contribution is -2.60. The molecule has 7 atom stereocenters. The summed E-state index contributed by atoms with van der Waals surface area (Å²) in [5.74, 6) is -0.182.